The third-order valence-electron chi connectivity index (χ3n) is 3.61. The molecule has 1 aromatic heterocycles. The van der Waals surface area contributed by atoms with Gasteiger partial charge in [-0.05, 0) is 30.3 Å². The third kappa shape index (κ3) is 3.96. The Morgan fingerprint density at radius 2 is 1.92 bits per heavy atom. The normalized spacial score (nSPS) is 10.6. The van der Waals surface area contributed by atoms with Gasteiger partial charge in [0.2, 0.25) is 0 Å². The van der Waals surface area contributed by atoms with Gasteiger partial charge in [0.15, 0.2) is 0 Å². The molecule has 0 aliphatic rings. The van der Waals surface area contributed by atoms with Crippen molar-refractivity contribution in [1.82, 2.24) is 0 Å². The number of hydrogen-bond donors (Lipinski definition) is 2. The van der Waals surface area contributed by atoms with Crippen molar-refractivity contribution in [2.75, 3.05) is 5.32 Å². The number of hydrogen-bond acceptors (Lipinski definition) is 3. The molecule has 3 rings (SSSR count). The molecule has 0 atom stereocenters. The molecular formula is C19H12BrCl2NO2S. The average Bonchev–Trinajstić information content (AvgIpc) is 2.98. The van der Waals surface area contributed by atoms with Gasteiger partial charge in [-0.25, -0.2) is 0 Å². The first-order valence-corrected chi connectivity index (χ1v) is 9.81. The van der Waals surface area contributed by atoms with E-state index in [0.717, 1.165) is 4.47 Å². The van der Waals surface area contributed by atoms with Gasteiger partial charge < -0.3 is 10.4 Å². The van der Waals surface area contributed by atoms with Gasteiger partial charge in [-0.2, -0.15) is 0 Å². The summed E-state index contributed by atoms with van der Waals surface area (Å²) >= 11 is 16.9. The Morgan fingerprint density at radius 3 is 2.58 bits per heavy atom. The summed E-state index contributed by atoms with van der Waals surface area (Å²) in [6.45, 7) is 3.62. The van der Waals surface area contributed by atoms with E-state index in [0.29, 0.717) is 37.3 Å². The molecule has 132 valence electrons. The van der Waals surface area contributed by atoms with Crippen molar-refractivity contribution in [2.24, 2.45) is 0 Å². The predicted molar refractivity (Wildman–Crippen MR) is 114 cm³/mol. The summed E-state index contributed by atoms with van der Waals surface area (Å²) in [5.74, 6) is -0.443. The smallest absolute Gasteiger partial charge is 0.256 e. The van der Waals surface area contributed by atoms with Gasteiger partial charge in [0.05, 0.1) is 5.56 Å². The fourth-order valence-corrected chi connectivity index (χ4v) is 4.33. The highest BCUT2D eigenvalue weighted by atomic mass is 79.9. The molecule has 3 aromatic rings. The molecular weight excluding hydrogens is 457 g/mol. The number of carbonyl (C=O) groups is 1. The van der Waals surface area contributed by atoms with Crippen LogP contribution >= 0.6 is 50.5 Å². The Kier molecular flexibility index (Phi) is 5.73. The standard InChI is InChI=1S/C19H12BrCl2NO2S/c1-10(24)17-15(14-6-5-13(21)8-16(14)22)9-26-19(17)23-18(25)11-3-2-4-12(20)7-11/h2-9,24H,1H2,(H,23,25). The van der Waals surface area contributed by atoms with Crippen molar-refractivity contribution in [3.8, 4) is 11.1 Å². The van der Waals surface area contributed by atoms with E-state index >= 15 is 0 Å². The van der Waals surface area contributed by atoms with Crippen molar-refractivity contribution in [3.05, 3.63) is 80.1 Å². The van der Waals surface area contributed by atoms with Crippen LogP contribution in [0.5, 0.6) is 0 Å². The number of carbonyl (C=O) groups excluding carboxylic acids is 1. The summed E-state index contributed by atoms with van der Waals surface area (Å²) in [5.41, 5.74) is 2.30. The molecule has 0 saturated carbocycles. The number of aliphatic hydroxyl groups is 1. The number of amides is 1. The second-order valence-corrected chi connectivity index (χ2v) is 8.03. The van der Waals surface area contributed by atoms with Crippen LogP contribution in [0.15, 0.2) is 58.9 Å². The van der Waals surface area contributed by atoms with E-state index in [1.165, 1.54) is 11.3 Å². The molecule has 3 nitrogen and oxygen atoms in total. The maximum absolute atomic E-state index is 12.5. The monoisotopic (exact) mass is 467 g/mol. The summed E-state index contributed by atoms with van der Waals surface area (Å²) in [5, 5.41) is 16.2. The Morgan fingerprint density at radius 1 is 1.15 bits per heavy atom. The van der Waals surface area contributed by atoms with Crippen LogP contribution in [-0.4, -0.2) is 11.0 Å². The van der Waals surface area contributed by atoms with Crippen LogP contribution in [0.2, 0.25) is 10.0 Å². The summed E-state index contributed by atoms with van der Waals surface area (Å²) in [4.78, 5) is 12.5. The number of halogens is 3. The van der Waals surface area contributed by atoms with E-state index in [9.17, 15) is 9.90 Å². The summed E-state index contributed by atoms with van der Waals surface area (Å²) in [7, 11) is 0. The van der Waals surface area contributed by atoms with Crippen LogP contribution in [-0.2, 0) is 0 Å². The number of rotatable bonds is 4. The number of nitrogens with one attached hydrogen (secondary N) is 1. The minimum atomic E-state index is -0.288. The average molecular weight is 469 g/mol. The van der Waals surface area contributed by atoms with E-state index in [1.54, 1.807) is 36.4 Å². The van der Waals surface area contributed by atoms with Crippen LogP contribution < -0.4 is 5.32 Å². The van der Waals surface area contributed by atoms with E-state index in [2.05, 4.69) is 27.8 Å². The lowest BCUT2D eigenvalue weighted by Crippen LogP contribution is -2.12. The van der Waals surface area contributed by atoms with E-state index in [1.807, 2.05) is 11.4 Å². The topological polar surface area (TPSA) is 49.3 Å². The van der Waals surface area contributed by atoms with Crippen LogP contribution in [0.3, 0.4) is 0 Å². The maximum Gasteiger partial charge on any atom is 0.256 e. The van der Waals surface area contributed by atoms with Gasteiger partial charge >= 0.3 is 0 Å². The highest BCUT2D eigenvalue weighted by molar-refractivity contribution is 9.10. The number of aliphatic hydroxyl groups excluding tert-OH is 1. The molecule has 0 radical (unpaired) electrons. The Labute approximate surface area is 173 Å². The van der Waals surface area contributed by atoms with Crippen LogP contribution in [0.1, 0.15) is 15.9 Å². The molecule has 0 spiro atoms. The first-order chi connectivity index (χ1) is 12.4. The largest absolute Gasteiger partial charge is 0.508 e. The first-order valence-electron chi connectivity index (χ1n) is 7.39. The van der Waals surface area contributed by atoms with Crippen molar-refractivity contribution in [3.63, 3.8) is 0 Å². The lowest BCUT2D eigenvalue weighted by molar-refractivity contribution is 0.102. The highest BCUT2D eigenvalue weighted by Crippen LogP contribution is 2.42. The van der Waals surface area contributed by atoms with Crippen LogP contribution in [0.4, 0.5) is 5.00 Å². The second kappa shape index (κ2) is 7.84. The molecule has 0 aliphatic heterocycles. The number of thiophene rings is 1. The molecule has 1 heterocycles. The van der Waals surface area contributed by atoms with Gasteiger partial charge in [-0.15, -0.1) is 11.3 Å². The zero-order valence-electron chi connectivity index (χ0n) is 13.2. The summed E-state index contributed by atoms with van der Waals surface area (Å²) < 4.78 is 0.803. The molecule has 0 fully saturated rings. The molecule has 0 bridgehead atoms. The third-order valence-corrected chi connectivity index (χ3v) is 5.55. The fraction of sp³-hybridized carbons (Fsp3) is 0. The van der Waals surface area contributed by atoms with Crippen LogP contribution in [0.25, 0.3) is 16.9 Å². The Bertz CT molecular complexity index is 1020. The predicted octanol–water partition coefficient (Wildman–Crippen LogP) is 7.27. The molecule has 1 amide bonds. The van der Waals surface area contributed by atoms with Crippen molar-refractivity contribution in [1.29, 1.82) is 0 Å². The van der Waals surface area contributed by atoms with Gasteiger partial charge in [-0.3, -0.25) is 4.79 Å². The van der Waals surface area contributed by atoms with Crippen molar-refractivity contribution >= 4 is 67.1 Å². The minimum absolute atomic E-state index is 0.156. The molecule has 0 unspecified atom stereocenters. The van der Waals surface area contributed by atoms with E-state index < -0.39 is 0 Å². The Hall–Kier alpha value is -1.79. The van der Waals surface area contributed by atoms with Crippen LogP contribution in [0, 0.1) is 0 Å². The number of anilines is 1. The minimum Gasteiger partial charge on any atom is -0.508 e. The Balaban J connectivity index is 2.00. The summed E-state index contributed by atoms with van der Waals surface area (Å²) in [6, 6.07) is 12.1. The van der Waals surface area contributed by atoms with E-state index in [4.69, 9.17) is 23.2 Å². The maximum atomic E-state index is 12.5. The van der Waals surface area contributed by atoms with E-state index in [-0.39, 0.29) is 11.7 Å². The molecule has 26 heavy (non-hydrogen) atoms. The quantitative estimate of drug-likeness (QED) is 0.395. The van der Waals surface area contributed by atoms with Gasteiger partial charge in [-0.1, -0.05) is 57.8 Å². The van der Waals surface area contributed by atoms with Crippen molar-refractivity contribution < 1.29 is 9.90 Å². The molecule has 0 aliphatic carbocycles. The lowest BCUT2D eigenvalue weighted by Gasteiger charge is -2.09. The lowest BCUT2D eigenvalue weighted by atomic mass is 10.0. The highest BCUT2D eigenvalue weighted by Gasteiger charge is 2.20. The SMILES string of the molecule is C=C(O)c1c(-c2ccc(Cl)cc2Cl)csc1NC(=O)c1cccc(Br)c1. The summed E-state index contributed by atoms with van der Waals surface area (Å²) in [6.07, 6.45) is 0. The van der Waals surface area contributed by atoms with Gasteiger partial charge in [0.25, 0.3) is 5.91 Å². The molecule has 2 N–H and O–H groups in total. The zero-order valence-corrected chi connectivity index (χ0v) is 17.1. The number of benzene rings is 2. The molecule has 7 heteroatoms. The van der Waals surface area contributed by atoms with Gasteiger partial charge in [0.1, 0.15) is 10.8 Å². The zero-order chi connectivity index (χ0) is 18.8. The molecule has 2 aromatic carbocycles. The molecule has 0 saturated heterocycles. The second-order valence-electron chi connectivity index (χ2n) is 5.39. The van der Waals surface area contributed by atoms with Crippen molar-refractivity contribution in [2.45, 2.75) is 0 Å². The first kappa shape index (κ1) is 19.0. The van der Waals surface area contributed by atoms with Gasteiger partial charge in [0, 0.05) is 36.6 Å². The fourth-order valence-electron chi connectivity index (χ4n) is 2.45.